The Kier molecular flexibility index (Phi) is 7.42. The van der Waals surface area contributed by atoms with E-state index in [-0.39, 0.29) is 18.1 Å². The number of rotatable bonds is 4. The van der Waals surface area contributed by atoms with E-state index in [9.17, 15) is 5.11 Å². The minimum absolute atomic E-state index is 0.104. The van der Waals surface area contributed by atoms with Gasteiger partial charge in [-0.1, -0.05) is 42.0 Å². The fourth-order valence-corrected chi connectivity index (χ4v) is 3.83. The molecule has 1 heterocycles. The lowest BCUT2D eigenvalue weighted by Gasteiger charge is -2.43. The van der Waals surface area contributed by atoms with E-state index < -0.39 is 11.9 Å². The predicted molar refractivity (Wildman–Crippen MR) is 105 cm³/mol. The first-order chi connectivity index (χ1) is 12.3. The highest BCUT2D eigenvalue weighted by atomic mass is 16.8. The van der Waals surface area contributed by atoms with Crippen molar-refractivity contribution in [2.75, 3.05) is 14.2 Å². The Hall–Kier alpha value is -1.20. The maximum absolute atomic E-state index is 9.96. The van der Waals surface area contributed by atoms with Crippen molar-refractivity contribution in [3.63, 3.8) is 0 Å². The summed E-state index contributed by atoms with van der Waals surface area (Å²) in [5.41, 5.74) is 2.81. The maximum Gasteiger partial charge on any atom is 0.183 e. The van der Waals surface area contributed by atoms with Crippen LogP contribution in [0.25, 0.3) is 0 Å². The molecule has 0 bridgehead atoms. The van der Waals surface area contributed by atoms with E-state index in [1.165, 1.54) is 11.1 Å². The highest BCUT2D eigenvalue weighted by Gasteiger charge is 2.43. The van der Waals surface area contributed by atoms with Crippen molar-refractivity contribution < 1.29 is 19.3 Å². The molecule has 0 aromatic heterocycles. The molecule has 2 aliphatic rings. The molecule has 0 amide bonds. The van der Waals surface area contributed by atoms with Crippen molar-refractivity contribution >= 4 is 0 Å². The van der Waals surface area contributed by atoms with Gasteiger partial charge in [-0.2, -0.15) is 0 Å². The zero-order chi connectivity index (χ0) is 19.3. The summed E-state index contributed by atoms with van der Waals surface area (Å²) in [4.78, 5) is 0. The van der Waals surface area contributed by atoms with Crippen LogP contribution in [-0.2, 0) is 14.2 Å². The molecule has 4 heteroatoms. The second-order valence-corrected chi connectivity index (χ2v) is 7.91. The number of hydrogen-bond acceptors (Lipinski definition) is 4. The lowest BCUT2D eigenvalue weighted by molar-refractivity contribution is -0.256. The molecule has 1 saturated heterocycles. The lowest BCUT2D eigenvalue weighted by atomic mass is 9.75. The van der Waals surface area contributed by atoms with Gasteiger partial charge in [-0.25, -0.2) is 0 Å². The van der Waals surface area contributed by atoms with Crippen LogP contribution in [-0.4, -0.2) is 37.5 Å². The summed E-state index contributed by atoms with van der Waals surface area (Å²) in [5, 5.41) is 9.96. The maximum atomic E-state index is 9.96. The number of aliphatic hydroxyl groups is 1. The van der Waals surface area contributed by atoms with Gasteiger partial charge in [0, 0.05) is 20.1 Å². The summed E-state index contributed by atoms with van der Waals surface area (Å²) in [6, 6.07) is 0. The molecular formula is C22H34O4. The van der Waals surface area contributed by atoms with Crippen LogP contribution >= 0.6 is 0 Å². The molecule has 4 atom stereocenters. The molecule has 0 unspecified atom stereocenters. The monoisotopic (exact) mass is 362 g/mol. The summed E-state index contributed by atoms with van der Waals surface area (Å²) < 4.78 is 17.4. The Bertz CT molecular complexity index is 579. The van der Waals surface area contributed by atoms with Crippen molar-refractivity contribution in [1.29, 1.82) is 0 Å². The quantitative estimate of drug-likeness (QED) is 0.747. The van der Waals surface area contributed by atoms with Gasteiger partial charge < -0.3 is 19.3 Å². The van der Waals surface area contributed by atoms with Crippen LogP contribution in [0.1, 0.15) is 46.5 Å². The minimum Gasteiger partial charge on any atom is -0.386 e. The van der Waals surface area contributed by atoms with Gasteiger partial charge in [0.15, 0.2) is 12.6 Å². The van der Waals surface area contributed by atoms with Crippen molar-refractivity contribution in [2.45, 2.75) is 64.6 Å². The van der Waals surface area contributed by atoms with Crippen molar-refractivity contribution in [3.05, 3.63) is 47.6 Å². The van der Waals surface area contributed by atoms with E-state index >= 15 is 0 Å². The van der Waals surface area contributed by atoms with Gasteiger partial charge in [0.1, 0.15) is 0 Å². The third kappa shape index (κ3) is 5.40. The zero-order valence-electron chi connectivity index (χ0n) is 16.8. The fraction of sp³-hybridized carbons (Fsp3) is 0.636. The first-order valence-electron chi connectivity index (χ1n) is 9.43. The van der Waals surface area contributed by atoms with Crippen LogP contribution in [0.15, 0.2) is 47.6 Å². The molecule has 0 aromatic rings. The SMILES string of the molecule is C=C1CC/C=C(\C)CC[C@@H]2C(=CC=CC(C)(C)O)[C@@H](OC)O[C@H](OC)[C@@H]12. The third-order valence-electron chi connectivity index (χ3n) is 5.20. The van der Waals surface area contributed by atoms with E-state index in [1.807, 2.05) is 12.2 Å². The largest absolute Gasteiger partial charge is 0.386 e. The molecule has 2 rings (SSSR count). The van der Waals surface area contributed by atoms with Crippen LogP contribution in [0.2, 0.25) is 0 Å². The summed E-state index contributed by atoms with van der Waals surface area (Å²) in [6.45, 7) is 10.1. The predicted octanol–water partition coefficient (Wildman–Crippen LogP) is 4.52. The first-order valence-corrected chi connectivity index (χ1v) is 9.43. The van der Waals surface area contributed by atoms with Crippen LogP contribution in [0.4, 0.5) is 0 Å². The molecule has 4 nitrogen and oxygen atoms in total. The summed E-state index contributed by atoms with van der Waals surface area (Å²) >= 11 is 0. The Morgan fingerprint density at radius 1 is 1.27 bits per heavy atom. The second kappa shape index (κ2) is 9.14. The fourth-order valence-electron chi connectivity index (χ4n) is 3.83. The second-order valence-electron chi connectivity index (χ2n) is 7.91. The smallest absolute Gasteiger partial charge is 0.183 e. The number of allylic oxidation sites excluding steroid dienone is 4. The lowest BCUT2D eigenvalue weighted by Crippen LogP contribution is -2.45. The first kappa shape index (κ1) is 21.1. The Balaban J connectivity index is 2.42. The highest BCUT2D eigenvalue weighted by Crippen LogP contribution is 2.44. The molecule has 1 N–H and O–H groups in total. The van der Waals surface area contributed by atoms with Crippen molar-refractivity contribution in [3.8, 4) is 0 Å². The average Bonchev–Trinajstić information content (AvgIpc) is 2.64. The molecule has 0 saturated carbocycles. The summed E-state index contributed by atoms with van der Waals surface area (Å²) in [7, 11) is 3.33. The zero-order valence-corrected chi connectivity index (χ0v) is 16.8. The van der Waals surface area contributed by atoms with Gasteiger partial charge in [0.2, 0.25) is 0 Å². The Labute approximate surface area is 158 Å². The van der Waals surface area contributed by atoms with Crippen molar-refractivity contribution in [1.82, 2.24) is 0 Å². The standard InChI is InChI=1S/C22H34O4/c1-15-9-7-10-16(2)19-17(13-12-15)18(11-8-14-22(3,4)23)20(24-5)26-21(19)25-6/h8-9,11,14,17,19-21,23H,2,7,10,12-13H2,1,3-6H3/b14-8?,15-9+,18-11?/t17-,19+,20+,21+/m1/s1. The average molecular weight is 363 g/mol. The van der Waals surface area contributed by atoms with Crippen LogP contribution < -0.4 is 0 Å². The van der Waals surface area contributed by atoms with Gasteiger partial charge in [-0.05, 0) is 57.9 Å². The van der Waals surface area contributed by atoms with E-state index in [4.69, 9.17) is 14.2 Å². The molecule has 146 valence electrons. The van der Waals surface area contributed by atoms with E-state index in [1.54, 1.807) is 34.1 Å². The third-order valence-corrected chi connectivity index (χ3v) is 5.20. The molecule has 0 spiro atoms. The number of hydrogen-bond donors (Lipinski definition) is 1. The van der Waals surface area contributed by atoms with Crippen LogP contribution in [0.5, 0.6) is 0 Å². The number of fused-ring (bicyclic) bond motifs is 1. The van der Waals surface area contributed by atoms with Crippen LogP contribution in [0.3, 0.4) is 0 Å². The molecule has 0 radical (unpaired) electrons. The van der Waals surface area contributed by atoms with Gasteiger partial charge in [0.25, 0.3) is 0 Å². The van der Waals surface area contributed by atoms with E-state index in [0.717, 1.165) is 31.3 Å². The number of ether oxygens (including phenoxy) is 3. The van der Waals surface area contributed by atoms with Gasteiger partial charge in [0.05, 0.1) is 5.60 Å². The molecule has 26 heavy (non-hydrogen) atoms. The molecule has 0 aromatic carbocycles. The number of methoxy groups -OCH3 is 2. The summed E-state index contributed by atoms with van der Waals surface area (Å²) in [5.74, 6) is 0.339. The van der Waals surface area contributed by atoms with E-state index in [2.05, 4.69) is 19.6 Å². The molecule has 1 fully saturated rings. The van der Waals surface area contributed by atoms with Crippen LogP contribution in [0, 0.1) is 11.8 Å². The van der Waals surface area contributed by atoms with Crippen molar-refractivity contribution in [2.24, 2.45) is 11.8 Å². The Morgan fingerprint density at radius 2 is 2.00 bits per heavy atom. The van der Waals surface area contributed by atoms with Gasteiger partial charge in [-0.15, -0.1) is 0 Å². The molecule has 1 aliphatic heterocycles. The van der Waals surface area contributed by atoms with Gasteiger partial charge >= 0.3 is 0 Å². The normalized spacial score (nSPS) is 34.8. The Morgan fingerprint density at radius 3 is 2.62 bits per heavy atom. The summed E-state index contributed by atoms with van der Waals surface area (Å²) in [6.07, 6.45) is 11.2. The molecular weight excluding hydrogens is 328 g/mol. The minimum atomic E-state index is -0.856. The molecule has 1 aliphatic carbocycles. The van der Waals surface area contributed by atoms with Gasteiger partial charge in [-0.3, -0.25) is 0 Å². The highest BCUT2D eigenvalue weighted by molar-refractivity contribution is 5.26. The topological polar surface area (TPSA) is 47.9 Å². The van der Waals surface area contributed by atoms with E-state index in [0.29, 0.717) is 0 Å².